The Morgan fingerprint density at radius 3 is 2.76 bits per heavy atom. The van der Waals surface area contributed by atoms with Crippen molar-refractivity contribution in [3.63, 3.8) is 0 Å². The van der Waals surface area contributed by atoms with Crippen LogP contribution in [0.15, 0.2) is 23.2 Å². The number of guanidine groups is 1. The lowest BCUT2D eigenvalue weighted by Crippen LogP contribution is -2.45. The predicted octanol–water partition coefficient (Wildman–Crippen LogP) is 1.77. The van der Waals surface area contributed by atoms with Crippen LogP contribution in [0, 0.1) is 17.0 Å². The highest BCUT2D eigenvalue weighted by Gasteiger charge is 2.42. The minimum Gasteiger partial charge on any atom is -0.396 e. The molecule has 0 amide bonds. The van der Waals surface area contributed by atoms with Crippen LogP contribution < -0.4 is 10.6 Å². The van der Waals surface area contributed by atoms with Crippen molar-refractivity contribution in [2.24, 2.45) is 10.4 Å². The fourth-order valence-corrected chi connectivity index (χ4v) is 3.49. The number of nitrogens with one attached hydrogen (secondary N) is 2. The number of aliphatic hydroxyl groups excluding tert-OH is 1. The van der Waals surface area contributed by atoms with E-state index in [1.165, 1.54) is 18.2 Å². The van der Waals surface area contributed by atoms with E-state index in [1.807, 2.05) is 0 Å². The zero-order valence-electron chi connectivity index (χ0n) is 14.4. The topological polar surface area (TPSA) is 65.9 Å². The molecule has 1 saturated carbocycles. The predicted molar refractivity (Wildman–Crippen MR) is 91.6 cm³/mol. The Hall–Kier alpha value is -1.73. The van der Waals surface area contributed by atoms with Crippen molar-refractivity contribution >= 4 is 5.96 Å². The highest BCUT2D eigenvalue weighted by atomic mass is 19.1. The van der Waals surface area contributed by atoms with Crippen molar-refractivity contribution in [3.05, 3.63) is 35.4 Å². The lowest BCUT2D eigenvalue weighted by Gasteiger charge is -2.27. The molecule has 1 heterocycles. The van der Waals surface area contributed by atoms with Crippen molar-refractivity contribution in [2.75, 3.05) is 33.4 Å². The largest absolute Gasteiger partial charge is 0.396 e. The van der Waals surface area contributed by atoms with Crippen molar-refractivity contribution in [2.45, 2.75) is 31.2 Å². The molecule has 3 atom stereocenters. The number of aliphatic hydroxyl groups is 1. The zero-order chi connectivity index (χ0) is 17.9. The van der Waals surface area contributed by atoms with Crippen molar-refractivity contribution in [1.82, 2.24) is 10.6 Å². The van der Waals surface area contributed by atoms with Crippen molar-refractivity contribution < 1.29 is 18.6 Å². The second-order valence-corrected chi connectivity index (χ2v) is 6.93. The molecule has 0 bridgehead atoms. The maximum atomic E-state index is 13.9. The van der Waals surface area contributed by atoms with Gasteiger partial charge < -0.3 is 20.5 Å². The minimum absolute atomic E-state index is 0.0359. The Morgan fingerprint density at radius 2 is 2.16 bits per heavy atom. The van der Waals surface area contributed by atoms with Crippen LogP contribution in [0.2, 0.25) is 0 Å². The molecule has 3 unspecified atom stereocenters. The third-order valence-electron chi connectivity index (χ3n) is 5.16. The second-order valence-electron chi connectivity index (χ2n) is 6.93. The second kappa shape index (κ2) is 7.66. The van der Waals surface area contributed by atoms with Gasteiger partial charge in [0.2, 0.25) is 0 Å². The van der Waals surface area contributed by atoms with E-state index >= 15 is 0 Å². The molecule has 1 aliphatic carbocycles. The molecule has 3 N–H and O–H groups in total. The average Bonchev–Trinajstić information content (AvgIpc) is 3.17. The summed E-state index contributed by atoms with van der Waals surface area (Å²) in [6.07, 6.45) is 2.23. The summed E-state index contributed by atoms with van der Waals surface area (Å²) in [4.78, 5) is 4.20. The van der Waals surface area contributed by atoms with Gasteiger partial charge in [-0.2, -0.15) is 0 Å². The van der Waals surface area contributed by atoms with E-state index in [2.05, 4.69) is 15.6 Å². The molecule has 1 aromatic carbocycles. The average molecular weight is 353 g/mol. The molecule has 1 aromatic rings. The van der Waals surface area contributed by atoms with Gasteiger partial charge in [-0.3, -0.25) is 4.99 Å². The van der Waals surface area contributed by atoms with Gasteiger partial charge in [0.15, 0.2) is 5.96 Å². The summed E-state index contributed by atoms with van der Waals surface area (Å²) in [6, 6.07) is 3.93. The monoisotopic (exact) mass is 353 g/mol. The van der Waals surface area contributed by atoms with Gasteiger partial charge in [-0.05, 0) is 31.4 Å². The highest BCUT2D eigenvalue weighted by molar-refractivity contribution is 5.80. The smallest absolute Gasteiger partial charge is 0.191 e. The number of hydrogen-bond acceptors (Lipinski definition) is 3. The first-order valence-electron chi connectivity index (χ1n) is 8.68. The molecule has 2 fully saturated rings. The van der Waals surface area contributed by atoms with Gasteiger partial charge in [0.25, 0.3) is 0 Å². The number of rotatable bonds is 6. The molecule has 7 heteroatoms. The summed E-state index contributed by atoms with van der Waals surface area (Å²) < 4.78 is 33.2. The first kappa shape index (κ1) is 18.1. The van der Waals surface area contributed by atoms with Gasteiger partial charge >= 0.3 is 0 Å². The molecule has 25 heavy (non-hydrogen) atoms. The van der Waals surface area contributed by atoms with Gasteiger partial charge in [0.05, 0.1) is 6.61 Å². The molecular weight excluding hydrogens is 328 g/mol. The third-order valence-corrected chi connectivity index (χ3v) is 5.16. The maximum absolute atomic E-state index is 13.9. The Balaban J connectivity index is 1.56. The van der Waals surface area contributed by atoms with E-state index < -0.39 is 11.6 Å². The lowest BCUT2D eigenvalue weighted by atomic mass is 9.84. The molecule has 3 rings (SSSR count). The van der Waals surface area contributed by atoms with Crippen LogP contribution in [0.5, 0.6) is 0 Å². The molecule has 0 radical (unpaired) electrons. The molecule has 2 aliphatic rings. The summed E-state index contributed by atoms with van der Waals surface area (Å²) in [6.45, 7) is 2.07. The van der Waals surface area contributed by atoms with Gasteiger partial charge in [0, 0.05) is 49.7 Å². The van der Waals surface area contributed by atoms with E-state index in [-0.39, 0.29) is 29.5 Å². The summed E-state index contributed by atoms with van der Waals surface area (Å²) in [7, 11) is 1.67. The summed E-state index contributed by atoms with van der Waals surface area (Å²) in [5.74, 6) is -0.570. The number of nitrogens with zero attached hydrogens (tertiary/aromatic N) is 1. The number of ether oxygens (including phenoxy) is 1. The van der Waals surface area contributed by atoms with Gasteiger partial charge in [0.1, 0.15) is 11.6 Å². The van der Waals surface area contributed by atoms with Gasteiger partial charge in [-0.1, -0.05) is 6.07 Å². The highest BCUT2D eigenvalue weighted by Crippen LogP contribution is 2.43. The van der Waals surface area contributed by atoms with E-state index in [4.69, 9.17) is 4.74 Å². The molecule has 0 aromatic heterocycles. The van der Waals surface area contributed by atoms with Crippen LogP contribution in [0.1, 0.15) is 30.7 Å². The summed E-state index contributed by atoms with van der Waals surface area (Å²) >= 11 is 0. The molecule has 1 saturated heterocycles. The normalized spacial score (nSPS) is 28.9. The zero-order valence-corrected chi connectivity index (χ0v) is 14.4. The molecule has 5 nitrogen and oxygen atoms in total. The van der Waals surface area contributed by atoms with E-state index in [9.17, 15) is 13.9 Å². The maximum Gasteiger partial charge on any atom is 0.191 e. The fraction of sp³-hybridized carbons (Fsp3) is 0.611. The van der Waals surface area contributed by atoms with Crippen LogP contribution in [0.4, 0.5) is 8.78 Å². The number of benzene rings is 1. The van der Waals surface area contributed by atoms with Crippen LogP contribution in [-0.4, -0.2) is 50.5 Å². The third kappa shape index (κ3) is 4.10. The summed E-state index contributed by atoms with van der Waals surface area (Å²) in [5.41, 5.74) is 0.0591. The summed E-state index contributed by atoms with van der Waals surface area (Å²) in [5, 5.41) is 15.8. The van der Waals surface area contributed by atoms with Crippen LogP contribution in [0.3, 0.4) is 0 Å². The number of hydrogen-bond donors (Lipinski definition) is 3. The van der Waals surface area contributed by atoms with Crippen LogP contribution in [0.25, 0.3) is 0 Å². The Kier molecular flexibility index (Phi) is 5.54. The first-order chi connectivity index (χ1) is 12.1. The van der Waals surface area contributed by atoms with Crippen molar-refractivity contribution in [3.8, 4) is 0 Å². The molecular formula is C18H25F2N3O2. The molecule has 138 valence electrons. The van der Waals surface area contributed by atoms with Gasteiger partial charge in [-0.15, -0.1) is 0 Å². The van der Waals surface area contributed by atoms with E-state index in [1.54, 1.807) is 7.05 Å². The SMILES string of the molecule is CN=C(NCC1(CCO)CCOC1)NC1CC1c1c(F)cccc1F. The Labute approximate surface area is 146 Å². The Morgan fingerprint density at radius 1 is 1.40 bits per heavy atom. The fourth-order valence-electron chi connectivity index (χ4n) is 3.49. The first-order valence-corrected chi connectivity index (χ1v) is 8.68. The standard InChI is InChI=1S/C18H25F2N3O2/c1-21-17(22-10-18(5-7-24)6-8-25-11-18)23-15-9-12(15)16-13(19)3-2-4-14(16)20/h2-4,12,15,24H,5-11H2,1H3,(H2,21,22,23). The van der Waals surface area contributed by atoms with Gasteiger partial charge in [-0.25, -0.2) is 8.78 Å². The quantitative estimate of drug-likeness (QED) is 0.539. The number of halogens is 2. The van der Waals surface area contributed by atoms with Crippen molar-refractivity contribution in [1.29, 1.82) is 0 Å². The van der Waals surface area contributed by atoms with E-state index in [0.29, 0.717) is 38.6 Å². The lowest BCUT2D eigenvalue weighted by molar-refractivity contribution is 0.127. The molecule has 1 aliphatic heterocycles. The minimum atomic E-state index is -0.498. The molecule has 0 spiro atoms. The van der Waals surface area contributed by atoms with Crippen LogP contribution >= 0.6 is 0 Å². The Bertz CT molecular complexity index is 612. The number of aliphatic imine (C=N–C) groups is 1. The van der Waals surface area contributed by atoms with Crippen LogP contribution in [-0.2, 0) is 4.74 Å². The van der Waals surface area contributed by atoms with E-state index in [0.717, 1.165) is 6.42 Å².